The molecule has 0 N–H and O–H groups in total. The van der Waals surface area contributed by atoms with E-state index >= 15 is 0 Å². The fraction of sp³-hybridized carbons (Fsp3) is 1.00. The van der Waals surface area contributed by atoms with Crippen LogP contribution in [0.25, 0.3) is 0 Å². The molecule has 3 unspecified atom stereocenters. The molecule has 1 saturated carbocycles. The van der Waals surface area contributed by atoms with Crippen molar-refractivity contribution < 1.29 is 9.47 Å². The van der Waals surface area contributed by atoms with Gasteiger partial charge >= 0.3 is 0 Å². The third-order valence-corrected chi connectivity index (χ3v) is 5.01. The second-order valence-electron chi connectivity index (χ2n) is 5.71. The molecule has 3 aliphatic rings. The largest absolute Gasteiger partial charge is 0.378 e. The van der Waals surface area contributed by atoms with Gasteiger partial charge in [-0.3, -0.25) is 0 Å². The Bertz CT molecular complexity index is 248. The number of hydrogen-bond acceptors (Lipinski definition) is 2. The minimum Gasteiger partial charge on any atom is -0.378 e. The Morgan fingerprint density at radius 1 is 1.12 bits per heavy atom. The van der Waals surface area contributed by atoms with Gasteiger partial charge in [0.15, 0.2) is 0 Å². The molecular weight excluding hydrogens is 224 g/mol. The standard InChI is InChI=1S/C13H21ClO2/c14-9-13(8-11-2-1-6-15-11)5-7-16-12(13)10-3-4-10/h10-12H,1-9H2. The van der Waals surface area contributed by atoms with Gasteiger partial charge < -0.3 is 9.47 Å². The zero-order valence-corrected chi connectivity index (χ0v) is 10.5. The Hall–Kier alpha value is 0.210. The van der Waals surface area contributed by atoms with Gasteiger partial charge in [-0.1, -0.05) is 0 Å². The summed E-state index contributed by atoms with van der Waals surface area (Å²) in [5, 5.41) is 0. The van der Waals surface area contributed by atoms with Gasteiger partial charge in [-0.05, 0) is 44.4 Å². The van der Waals surface area contributed by atoms with Crippen LogP contribution in [0.15, 0.2) is 0 Å². The van der Waals surface area contributed by atoms with Crippen molar-refractivity contribution in [2.75, 3.05) is 19.1 Å². The van der Waals surface area contributed by atoms with Crippen LogP contribution in [0.3, 0.4) is 0 Å². The molecule has 2 nitrogen and oxygen atoms in total. The lowest BCUT2D eigenvalue weighted by Gasteiger charge is -2.34. The monoisotopic (exact) mass is 244 g/mol. The van der Waals surface area contributed by atoms with E-state index in [2.05, 4.69) is 0 Å². The highest BCUT2D eigenvalue weighted by atomic mass is 35.5. The maximum atomic E-state index is 6.27. The van der Waals surface area contributed by atoms with E-state index in [1.165, 1.54) is 25.7 Å². The minimum atomic E-state index is 0.220. The summed E-state index contributed by atoms with van der Waals surface area (Å²) in [4.78, 5) is 0. The van der Waals surface area contributed by atoms with Crippen LogP contribution in [0, 0.1) is 11.3 Å². The highest BCUT2D eigenvalue weighted by molar-refractivity contribution is 6.18. The topological polar surface area (TPSA) is 18.5 Å². The zero-order chi connectivity index (χ0) is 11.0. The Balaban J connectivity index is 1.69. The SMILES string of the molecule is ClCC1(CC2CCCO2)CCOC1C1CC1. The third-order valence-electron chi connectivity index (χ3n) is 4.48. The maximum absolute atomic E-state index is 6.27. The molecule has 3 heteroatoms. The van der Waals surface area contributed by atoms with Crippen molar-refractivity contribution in [2.24, 2.45) is 11.3 Å². The fourth-order valence-electron chi connectivity index (χ4n) is 3.42. The number of alkyl halides is 1. The summed E-state index contributed by atoms with van der Waals surface area (Å²) in [7, 11) is 0. The second kappa shape index (κ2) is 4.47. The van der Waals surface area contributed by atoms with Crippen molar-refractivity contribution in [3.05, 3.63) is 0 Å². The van der Waals surface area contributed by atoms with Gasteiger partial charge in [-0.15, -0.1) is 11.6 Å². The number of halogens is 1. The smallest absolute Gasteiger partial charge is 0.0672 e. The molecule has 0 spiro atoms. The van der Waals surface area contributed by atoms with Gasteiger partial charge in [0.05, 0.1) is 12.2 Å². The van der Waals surface area contributed by atoms with E-state index in [1.54, 1.807) is 0 Å². The van der Waals surface area contributed by atoms with Crippen LogP contribution >= 0.6 is 11.6 Å². The van der Waals surface area contributed by atoms with Crippen LogP contribution in [0.2, 0.25) is 0 Å². The van der Waals surface area contributed by atoms with Gasteiger partial charge in [-0.25, -0.2) is 0 Å². The summed E-state index contributed by atoms with van der Waals surface area (Å²) in [6, 6.07) is 0. The van der Waals surface area contributed by atoms with Crippen molar-refractivity contribution in [1.82, 2.24) is 0 Å². The molecule has 2 heterocycles. The van der Waals surface area contributed by atoms with Gasteiger partial charge in [0.25, 0.3) is 0 Å². The molecule has 1 aliphatic carbocycles. The van der Waals surface area contributed by atoms with E-state index in [-0.39, 0.29) is 5.41 Å². The first-order chi connectivity index (χ1) is 7.84. The molecule has 2 aliphatic heterocycles. The molecule has 0 amide bonds. The Morgan fingerprint density at radius 3 is 2.62 bits per heavy atom. The summed E-state index contributed by atoms with van der Waals surface area (Å²) >= 11 is 6.27. The molecule has 0 bridgehead atoms. The summed E-state index contributed by atoms with van der Waals surface area (Å²) in [5.74, 6) is 1.54. The predicted molar refractivity (Wildman–Crippen MR) is 63.8 cm³/mol. The summed E-state index contributed by atoms with van der Waals surface area (Å²) in [6.07, 6.45) is 8.25. The first-order valence-electron chi connectivity index (χ1n) is 6.63. The molecule has 0 aromatic rings. The average molecular weight is 245 g/mol. The third kappa shape index (κ3) is 2.00. The molecule has 3 fully saturated rings. The Kier molecular flexibility index (Phi) is 3.16. The van der Waals surface area contributed by atoms with E-state index in [0.717, 1.165) is 37.9 Å². The van der Waals surface area contributed by atoms with Crippen molar-refractivity contribution in [1.29, 1.82) is 0 Å². The molecule has 0 radical (unpaired) electrons. The van der Waals surface area contributed by atoms with Crippen LogP contribution in [-0.4, -0.2) is 31.3 Å². The van der Waals surface area contributed by atoms with Crippen LogP contribution in [-0.2, 0) is 9.47 Å². The van der Waals surface area contributed by atoms with Crippen LogP contribution < -0.4 is 0 Å². The van der Waals surface area contributed by atoms with Crippen LogP contribution in [0.5, 0.6) is 0 Å². The zero-order valence-electron chi connectivity index (χ0n) is 9.79. The molecule has 3 atom stereocenters. The van der Waals surface area contributed by atoms with Gasteiger partial charge in [0.2, 0.25) is 0 Å². The maximum Gasteiger partial charge on any atom is 0.0672 e. The van der Waals surface area contributed by atoms with Crippen molar-refractivity contribution in [3.63, 3.8) is 0 Å². The summed E-state index contributed by atoms with van der Waals surface area (Å²) in [6.45, 7) is 1.85. The van der Waals surface area contributed by atoms with Crippen LogP contribution in [0.4, 0.5) is 0 Å². The summed E-state index contributed by atoms with van der Waals surface area (Å²) < 4.78 is 11.7. The van der Waals surface area contributed by atoms with E-state index in [0.29, 0.717) is 12.2 Å². The van der Waals surface area contributed by atoms with E-state index in [4.69, 9.17) is 21.1 Å². The normalized spacial score (nSPS) is 44.1. The Morgan fingerprint density at radius 2 is 2.00 bits per heavy atom. The Labute approximate surface area is 103 Å². The van der Waals surface area contributed by atoms with Crippen molar-refractivity contribution in [2.45, 2.75) is 50.7 Å². The molecule has 16 heavy (non-hydrogen) atoms. The lowest BCUT2D eigenvalue weighted by atomic mass is 9.76. The second-order valence-corrected chi connectivity index (χ2v) is 5.98. The van der Waals surface area contributed by atoms with Crippen molar-refractivity contribution >= 4 is 11.6 Å². The summed E-state index contributed by atoms with van der Waals surface area (Å²) in [5.41, 5.74) is 0.220. The van der Waals surface area contributed by atoms with Gasteiger partial charge in [0.1, 0.15) is 0 Å². The van der Waals surface area contributed by atoms with Gasteiger partial charge in [-0.2, -0.15) is 0 Å². The molecule has 0 aromatic heterocycles. The molecule has 92 valence electrons. The highest BCUT2D eigenvalue weighted by Gasteiger charge is 2.51. The van der Waals surface area contributed by atoms with E-state index in [1.807, 2.05) is 0 Å². The lowest BCUT2D eigenvalue weighted by Crippen LogP contribution is -2.37. The molecule has 2 saturated heterocycles. The molecular formula is C13H21ClO2. The highest BCUT2D eigenvalue weighted by Crippen LogP contribution is 2.51. The first kappa shape index (κ1) is 11.3. The molecule has 0 aromatic carbocycles. The van der Waals surface area contributed by atoms with Crippen LogP contribution in [0.1, 0.15) is 38.5 Å². The average Bonchev–Trinajstić information content (AvgIpc) is 2.86. The van der Waals surface area contributed by atoms with Gasteiger partial charge in [0, 0.05) is 24.5 Å². The van der Waals surface area contributed by atoms with Crippen molar-refractivity contribution in [3.8, 4) is 0 Å². The van der Waals surface area contributed by atoms with E-state index in [9.17, 15) is 0 Å². The molecule has 3 rings (SSSR count). The fourth-order valence-corrected chi connectivity index (χ4v) is 3.81. The predicted octanol–water partition coefficient (Wildman–Crippen LogP) is 2.98. The number of ether oxygens (including phenoxy) is 2. The number of rotatable bonds is 4. The minimum absolute atomic E-state index is 0.220. The van der Waals surface area contributed by atoms with E-state index < -0.39 is 0 Å². The number of hydrogen-bond donors (Lipinski definition) is 0. The first-order valence-corrected chi connectivity index (χ1v) is 7.17. The lowest BCUT2D eigenvalue weighted by molar-refractivity contribution is 0.00455. The quantitative estimate of drug-likeness (QED) is 0.708.